The minimum Gasteiger partial charge on any atom is -0.385 e. The highest BCUT2D eigenvalue weighted by atomic mass is 19.1. The Morgan fingerprint density at radius 2 is 1.69 bits per heavy atom. The van der Waals surface area contributed by atoms with Crippen LogP contribution in [0.5, 0.6) is 0 Å². The molecule has 1 aliphatic heterocycles. The van der Waals surface area contributed by atoms with Crippen molar-refractivity contribution in [2.24, 2.45) is 0 Å². The fourth-order valence-electron chi connectivity index (χ4n) is 4.45. The van der Waals surface area contributed by atoms with Crippen LogP contribution in [-0.2, 0) is 11.3 Å². The van der Waals surface area contributed by atoms with Crippen molar-refractivity contribution in [2.75, 3.05) is 62.0 Å². The summed E-state index contributed by atoms with van der Waals surface area (Å²) in [4.78, 5) is 30.2. The van der Waals surface area contributed by atoms with E-state index in [-0.39, 0.29) is 11.6 Å². The molecule has 1 aliphatic rings. The number of benzene rings is 3. The van der Waals surface area contributed by atoms with E-state index in [9.17, 15) is 18.4 Å². The zero-order chi connectivity index (χ0) is 27.6. The Hall–Kier alpha value is -4.02. The minimum atomic E-state index is -0.886. The van der Waals surface area contributed by atoms with Crippen molar-refractivity contribution < 1.29 is 23.1 Å². The normalized spacial score (nSPS) is 13.7. The number of anilines is 3. The molecule has 4 rings (SSSR count). The monoisotopic (exact) mass is 537 g/mol. The molecular weight excluding hydrogens is 504 g/mol. The van der Waals surface area contributed by atoms with Gasteiger partial charge in [-0.1, -0.05) is 30.3 Å². The first kappa shape index (κ1) is 28.0. The molecule has 0 unspecified atom stereocenters. The molecule has 1 fully saturated rings. The molecule has 0 spiro atoms. The predicted octanol–water partition coefficient (Wildman–Crippen LogP) is 4.70. The summed E-state index contributed by atoms with van der Waals surface area (Å²) in [6.07, 6.45) is 0.666. The van der Waals surface area contributed by atoms with E-state index in [2.05, 4.69) is 37.9 Å². The standard InChI is InChI=1S/C29H33F2N5O3/c1-39-17-5-12-32-28(37)24-19-23(33-29(38)34-26-10-8-22(30)18-25(26)31)9-11-27(24)36-15-13-35(14-16-36)20-21-6-3-2-4-7-21/h2-4,6-11,18-19H,5,12-17,20H2,1H3,(H,32,37)(H2,33,34,38). The van der Waals surface area contributed by atoms with E-state index in [1.165, 1.54) is 5.56 Å². The molecular formula is C29H33F2N5O3. The van der Waals surface area contributed by atoms with Crippen molar-refractivity contribution in [3.8, 4) is 0 Å². The number of hydrogen-bond donors (Lipinski definition) is 3. The molecule has 0 bridgehead atoms. The Balaban J connectivity index is 1.45. The van der Waals surface area contributed by atoms with E-state index < -0.39 is 17.7 Å². The van der Waals surface area contributed by atoms with Gasteiger partial charge in [0.1, 0.15) is 11.6 Å². The Morgan fingerprint density at radius 1 is 0.923 bits per heavy atom. The summed E-state index contributed by atoms with van der Waals surface area (Å²) in [6, 6.07) is 17.6. The number of nitrogens with one attached hydrogen (secondary N) is 3. The molecule has 3 amide bonds. The van der Waals surface area contributed by atoms with Crippen molar-refractivity contribution in [3.63, 3.8) is 0 Å². The van der Waals surface area contributed by atoms with Crippen LogP contribution in [0.25, 0.3) is 0 Å². The summed E-state index contributed by atoms with van der Waals surface area (Å²) in [5.74, 6) is -1.89. The summed E-state index contributed by atoms with van der Waals surface area (Å²) < 4.78 is 32.2. The van der Waals surface area contributed by atoms with E-state index >= 15 is 0 Å². The lowest BCUT2D eigenvalue weighted by molar-refractivity contribution is 0.0949. The third-order valence-electron chi connectivity index (χ3n) is 6.45. The van der Waals surface area contributed by atoms with Gasteiger partial charge < -0.3 is 25.6 Å². The van der Waals surface area contributed by atoms with Crippen LogP contribution in [0.15, 0.2) is 66.7 Å². The molecule has 0 aliphatic carbocycles. The van der Waals surface area contributed by atoms with Crippen LogP contribution >= 0.6 is 0 Å². The largest absolute Gasteiger partial charge is 0.385 e. The number of hydrogen-bond acceptors (Lipinski definition) is 5. The Bertz CT molecular complexity index is 1270. The molecule has 10 heteroatoms. The number of carbonyl (C=O) groups excluding carboxylic acids is 2. The van der Waals surface area contributed by atoms with Gasteiger partial charge in [-0.15, -0.1) is 0 Å². The van der Waals surface area contributed by atoms with Gasteiger partial charge in [-0.05, 0) is 42.3 Å². The summed E-state index contributed by atoms with van der Waals surface area (Å²) >= 11 is 0. The molecule has 8 nitrogen and oxygen atoms in total. The van der Waals surface area contributed by atoms with Crippen LogP contribution in [0.1, 0.15) is 22.3 Å². The highest BCUT2D eigenvalue weighted by molar-refractivity contribution is 6.04. The molecule has 0 radical (unpaired) electrons. The van der Waals surface area contributed by atoms with E-state index in [1.54, 1.807) is 19.2 Å². The van der Waals surface area contributed by atoms with Gasteiger partial charge in [0, 0.05) is 70.4 Å². The second kappa shape index (κ2) is 13.7. The van der Waals surface area contributed by atoms with E-state index in [1.807, 2.05) is 24.3 Å². The first-order valence-corrected chi connectivity index (χ1v) is 12.9. The average Bonchev–Trinajstić information content (AvgIpc) is 2.93. The van der Waals surface area contributed by atoms with Gasteiger partial charge in [-0.25, -0.2) is 13.6 Å². The average molecular weight is 538 g/mol. The van der Waals surface area contributed by atoms with E-state index in [4.69, 9.17) is 4.74 Å². The van der Waals surface area contributed by atoms with Crippen molar-refractivity contribution >= 4 is 29.0 Å². The SMILES string of the molecule is COCCCNC(=O)c1cc(NC(=O)Nc2ccc(F)cc2F)ccc1N1CCN(Cc2ccccc2)CC1. The van der Waals surface area contributed by atoms with Gasteiger partial charge in [0.15, 0.2) is 0 Å². The summed E-state index contributed by atoms with van der Waals surface area (Å²) in [5, 5.41) is 7.91. The first-order chi connectivity index (χ1) is 18.9. The van der Waals surface area contributed by atoms with Crippen LogP contribution < -0.4 is 20.9 Å². The molecule has 206 valence electrons. The Labute approximate surface area is 226 Å². The maximum absolute atomic E-state index is 13.9. The van der Waals surface area contributed by atoms with Crippen LogP contribution in [-0.4, -0.2) is 63.3 Å². The molecule has 3 aromatic carbocycles. The number of rotatable bonds is 10. The molecule has 0 saturated carbocycles. The topological polar surface area (TPSA) is 85.9 Å². The van der Waals surface area contributed by atoms with Gasteiger partial charge in [-0.2, -0.15) is 0 Å². The third kappa shape index (κ3) is 7.98. The number of amides is 3. The van der Waals surface area contributed by atoms with Crippen molar-refractivity contribution in [1.82, 2.24) is 10.2 Å². The number of ether oxygens (including phenoxy) is 1. The molecule has 1 saturated heterocycles. The van der Waals surface area contributed by atoms with Crippen molar-refractivity contribution in [2.45, 2.75) is 13.0 Å². The molecule has 3 N–H and O–H groups in total. The van der Waals surface area contributed by atoms with Crippen LogP contribution in [0, 0.1) is 11.6 Å². The van der Waals surface area contributed by atoms with Crippen molar-refractivity contribution in [1.29, 1.82) is 0 Å². The second-order valence-corrected chi connectivity index (χ2v) is 9.29. The minimum absolute atomic E-state index is 0.157. The zero-order valence-electron chi connectivity index (χ0n) is 21.9. The number of methoxy groups -OCH3 is 1. The lowest BCUT2D eigenvalue weighted by Crippen LogP contribution is -2.46. The highest BCUT2D eigenvalue weighted by Gasteiger charge is 2.22. The molecule has 39 heavy (non-hydrogen) atoms. The van der Waals surface area contributed by atoms with Gasteiger partial charge >= 0.3 is 6.03 Å². The Morgan fingerprint density at radius 3 is 2.41 bits per heavy atom. The maximum atomic E-state index is 13.9. The number of carbonyl (C=O) groups is 2. The van der Waals surface area contributed by atoms with Gasteiger partial charge in [0.05, 0.1) is 11.3 Å². The fraction of sp³-hybridized carbons (Fsp3) is 0.310. The van der Waals surface area contributed by atoms with Crippen LogP contribution in [0.4, 0.5) is 30.6 Å². The summed E-state index contributed by atoms with van der Waals surface area (Å²) in [7, 11) is 1.61. The molecule has 0 atom stereocenters. The smallest absolute Gasteiger partial charge is 0.323 e. The molecule has 1 heterocycles. The number of urea groups is 1. The van der Waals surface area contributed by atoms with Gasteiger partial charge in [0.25, 0.3) is 5.91 Å². The van der Waals surface area contributed by atoms with Crippen LogP contribution in [0.3, 0.4) is 0 Å². The number of nitrogens with zero attached hydrogens (tertiary/aromatic N) is 2. The molecule has 3 aromatic rings. The van der Waals surface area contributed by atoms with Crippen LogP contribution in [0.2, 0.25) is 0 Å². The lowest BCUT2D eigenvalue weighted by Gasteiger charge is -2.37. The lowest BCUT2D eigenvalue weighted by atomic mass is 10.1. The molecule has 0 aromatic heterocycles. The number of piperazine rings is 1. The maximum Gasteiger partial charge on any atom is 0.323 e. The second-order valence-electron chi connectivity index (χ2n) is 9.29. The highest BCUT2D eigenvalue weighted by Crippen LogP contribution is 2.26. The summed E-state index contributed by atoms with van der Waals surface area (Å²) in [6.45, 7) is 5.01. The van der Waals surface area contributed by atoms with Gasteiger partial charge in [0.2, 0.25) is 0 Å². The number of halogens is 2. The third-order valence-corrected chi connectivity index (χ3v) is 6.45. The predicted molar refractivity (Wildman–Crippen MR) is 148 cm³/mol. The van der Waals surface area contributed by atoms with E-state index in [0.29, 0.717) is 36.9 Å². The fourth-order valence-corrected chi connectivity index (χ4v) is 4.45. The van der Waals surface area contributed by atoms with E-state index in [0.717, 1.165) is 50.5 Å². The first-order valence-electron chi connectivity index (χ1n) is 12.9. The summed E-state index contributed by atoms with van der Waals surface area (Å²) in [5.41, 5.74) is 2.67. The zero-order valence-corrected chi connectivity index (χ0v) is 21.9. The Kier molecular flexibility index (Phi) is 9.82. The quantitative estimate of drug-likeness (QED) is 0.327. The van der Waals surface area contributed by atoms with Crippen molar-refractivity contribution in [3.05, 3.63) is 89.5 Å². The van der Waals surface area contributed by atoms with Gasteiger partial charge in [-0.3, -0.25) is 9.69 Å².